The van der Waals surface area contributed by atoms with Crippen LogP contribution < -0.4 is 5.32 Å². The van der Waals surface area contributed by atoms with Crippen molar-refractivity contribution in [3.05, 3.63) is 35.4 Å². The second-order valence-corrected chi connectivity index (χ2v) is 4.41. The highest BCUT2D eigenvalue weighted by atomic mass is 16.1. The third kappa shape index (κ3) is 2.83. The minimum Gasteiger partial charge on any atom is -0.348 e. The Hall–Kier alpha value is -1.86. The molecule has 17 heavy (non-hydrogen) atoms. The number of amides is 1. The molecule has 1 saturated heterocycles. The molecule has 1 N–H and O–H groups in total. The fourth-order valence-electron chi connectivity index (χ4n) is 2.02. The monoisotopic (exact) mass is 229 g/mol. The molecule has 1 unspecified atom stereocenters. The third-order valence-electron chi connectivity index (χ3n) is 3.00. The van der Waals surface area contributed by atoms with Gasteiger partial charge in [-0.05, 0) is 44.3 Å². The van der Waals surface area contributed by atoms with Gasteiger partial charge in [-0.25, -0.2) is 0 Å². The highest BCUT2D eigenvalue weighted by Crippen LogP contribution is 2.08. The molecule has 0 aliphatic carbocycles. The maximum atomic E-state index is 11.9. The van der Waals surface area contributed by atoms with Crippen LogP contribution in [0.2, 0.25) is 0 Å². The number of benzene rings is 1. The zero-order chi connectivity index (χ0) is 12.3. The Morgan fingerprint density at radius 1 is 1.47 bits per heavy atom. The van der Waals surface area contributed by atoms with E-state index in [9.17, 15) is 4.79 Å². The maximum Gasteiger partial charge on any atom is 0.251 e. The number of likely N-dealkylation sites (tertiary alicyclic amines) is 1. The van der Waals surface area contributed by atoms with Crippen LogP contribution in [0.4, 0.5) is 0 Å². The molecule has 0 radical (unpaired) electrons. The van der Waals surface area contributed by atoms with Gasteiger partial charge in [-0.15, -0.1) is 0 Å². The first-order chi connectivity index (χ1) is 8.19. The van der Waals surface area contributed by atoms with Gasteiger partial charge in [0.05, 0.1) is 11.6 Å². The molecule has 4 heteroatoms. The van der Waals surface area contributed by atoms with E-state index in [0.717, 1.165) is 19.5 Å². The minimum absolute atomic E-state index is 0.0604. The Morgan fingerprint density at radius 2 is 2.18 bits per heavy atom. The van der Waals surface area contributed by atoms with Crippen molar-refractivity contribution in [2.75, 3.05) is 20.1 Å². The number of nitriles is 1. The highest BCUT2D eigenvalue weighted by Gasteiger charge is 2.21. The highest BCUT2D eigenvalue weighted by molar-refractivity contribution is 5.94. The van der Waals surface area contributed by atoms with Gasteiger partial charge in [0.2, 0.25) is 0 Å². The van der Waals surface area contributed by atoms with Crippen molar-refractivity contribution in [1.82, 2.24) is 10.2 Å². The summed E-state index contributed by atoms with van der Waals surface area (Å²) in [5.41, 5.74) is 1.18. The molecule has 4 nitrogen and oxygen atoms in total. The van der Waals surface area contributed by atoms with Crippen LogP contribution in [-0.4, -0.2) is 37.0 Å². The van der Waals surface area contributed by atoms with Crippen LogP contribution in [-0.2, 0) is 0 Å². The Morgan fingerprint density at radius 3 is 2.71 bits per heavy atom. The van der Waals surface area contributed by atoms with Crippen LogP contribution in [0.5, 0.6) is 0 Å². The molecule has 1 aliphatic rings. The summed E-state index contributed by atoms with van der Waals surface area (Å²) < 4.78 is 0. The lowest BCUT2D eigenvalue weighted by Gasteiger charge is -2.12. The number of carbonyl (C=O) groups excluding carboxylic acids is 1. The number of nitrogens with one attached hydrogen (secondary N) is 1. The van der Waals surface area contributed by atoms with Gasteiger partial charge in [0.1, 0.15) is 0 Å². The average molecular weight is 229 g/mol. The van der Waals surface area contributed by atoms with Gasteiger partial charge < -0.3 is 10.2 Å². The van der Waals surface area contributed by atoms with E-state index in [1.807, 2.05) is 13.1 Å². The predicted molar refractivity (Wildman–Crippen MR) is 64.5 cm³/mol. The first kappa shape index (κ1) is 11.6. The van der Waals surface area contributed by atoms with Crippen molar-refractivity contribution in [2.45, 2.75) is 12.5 Å². The second-order valence-electron chi connectivity index (χ2n) is 4.41. The van der Waals surface area contributed by atoms with Gasteiger partial charge in [0.25, 0.3) is 5.91 Å². The summed E-state index contributed by atoms with van der Waals surface area (Å²) in [4.78, 5) is 14.1. The van der Waals surface area contributed by atoms with Crippen molar-refractivity contribution >= 4 is 5.91 Å². The van der Waals surface area contributed by atoms with Gasteiger partial charge in [-0.1, -0.05) is 0 Å². The molecule has 1 amide bonds. The molecule has 0 spiro atoms. The first-order valence-corrected chi connectivity index (χ1v) is 5.68. The van der Waals surface area contributed by atoms with Crippen LogP contribution in [0.1, 0.15) is 22.3 Å². The van der Waals surface area contributed by atoms with E-state index in [4.69, 9.17) is 5.26 Å². The number of rotatable bonds is 2. The van der Waals surface area contributed by atoms with E-state index < -0.39 is 0 Å². The molecule has 1 aliphatic heterocycles. The van der Waals surface area contributed by atoms with E-state index >= 15 is 0 Å². The van der Waals surface area contributed by atoms with E-state index in [1.54, 1.807) is 24.3 Å². The number of likely N-dealkylation sites (N-methyl/N-ethyl adjacent to an activating group) is 1. The van der Waals surface area contributed by atoms with Gasteiger partial charge in [-0.3, -0.25) is 4.79 Å². The van der Waals surface area contributed by atoms with E-state index in [-0.39, 0.29) is 11.9 Å². The Balaban J connectivity index is 1.97. The Labute approximate surface area is 101 Å². The largest absolute Gasteiger partial charge is 0.348 e. The van der Waals surface area contributed by atoms with Gasteiger partial charge in [0.15, 0.2) is 0 Å². The van der Waals surface area contributed by atoms with Crippen molar-refractivity contribution in [1.29, 1.82) is 5.26 Å². The topological polar surface area (TPSA) is 56.1 Å². The summed E-state index contributed by atoms with van der Waals surface area (Å²) in [5.74, 6) is -0.0604. The van der Waals surface area contributed by atoms with E-state index in [0.29, 0.717) is 11.1 Å². The molecule has 88 valence electrons. The summed E-state index contributed by atoms with van der Waals surface area (Å²) in [6.07, 6.45) is 0.999. The lowest BCUT2D eigenvalue weighted by atomic mass is 10.1. The molecule has 0 saturated carbocycles. The van der Waals surface area contributed by atoms with Crippen molar-refractivity contribution in [3.8, 4) is 6.07 Å². The molecular weight excluding hydrogens is 214 g/mol. The average Bonchev–Trinajstić information content (AvgIpc) is 2.75. The third-order valence-corrected chi connectivity index (χ3v) is 3.00. The summed E-state index contributed by atoms with van der Waals surface area (Å²) >= 11 is 0. The quantitative estimate of drug-likeness (QED) is 0.823. The smallest absolute Gasteiger partial charge is 0.251 e. The predicted octanol–water partition coefficient (Wildman–Crippen LogP) is 0.992. The zero-order valence-electron chi connectivity index (χ0n) is 9.81. The minimum atomic E-state index is -0.0604. The summed E-state index contributed by atoms with van der Waals surface area (Å²) in [7, 11) is 2.05. The van der Waals surface area contributed by atoms with Gasteiger partial charge in [-0.2, -0.15) is 5.26 Å². The fourth-order valence-corrected chi connectivity index (χ4v) is 2.02. The summed E-state index contributed by atoms with van der Waals surface area (Å²) in [6, 6.07) is 8.97. The summed E-state index contributed by atoms with van der Waals surface area (Å²) in [6.45, 7) is 1.93. The number of hydrogen-bond donors (Lipinski definition) is 1. The van der Waals surface area contributed by atoms with Crippen LogP contribution in [0.25, 0.3) is 0 Å². The van der Waals surface area contributed by atoms with Crippen molar-refractivity contribution in [3.63, 3.8) is 0 Å². The fraction of sp³-hybridized carbons (Fsp3) is 0.385. The molecular formula is C13H15N3O. The molecule has 2 rings (SSSR count). The molecule has 1 atom stereocenters. The molecule has 1 aromatic carbocycles. The van der Waals surface area contributed by atoms with Gasteiger partial charge >= 0.3 is 0 Å². The summed E-state index contributed by atoms with van der Waals surface area (Å²) in [5, 5.41) is 11.7. The van der Waals surface area contributed by atoms with Crippen molar-refractivity contribution in [2.24, 2.45) is 0 Å². The molecule has 1 aromatic rings. The molecule has 1 fully saturated rings. The second kappa shape index (κ2) is 4.98. The van der Waals surface area contributed by atoms with Crippen LogP contribution >= 0.6 is 0 Å². The normalized spacial score (nSPS) is 19.9. The van der Waals surface area contributed by atoms with Crippen LogP contribution in [0.3, 0.4) is 0 Å². The van der Waals surface area contributed by atoms with E-state index in [2.05, 4.69) is 10.2 Å². The molecule has 1 heterocycles. The Kier molecular flexibility index (Phi) is 3.40. The number of carbonyl (C=O) groups is 1. The number of hydrogen-bond acceptors (Lipinski definition) is 3. The van der Waals surface area contributed by atoms with E-state index in [1.165, 1.54) is 0 Å². The SMILES string of the molecule is CN1CCC(NC(=O)c2ccc(C#N)cc2)C1. The number of nitrogens with zero attached hydrogens (tertiary/aromatic N) is 2. The molecule has 0 aromatic heterocycles. The Bertz CT molecular complexity index is 447. The zero-order valence-corrected chi connectivity index (χ0v) is 9.81. The van der Waals surface area contributed by atoms with Gasteiger partial charge in [0, 0.05) is 18.2 Å². The lowest BCUT2D eigenvalue weighted by Crippen LogP contribution is -2.36. The first-order valence-electron chi connectivity index (χ1n) is 5.68. The van der Waals surface area contributed by atoms with Crippen molar-refractivity contribution < 1.29 is 4.79 Å². The van der Waals surface area contributed by atoms with Crippen LogP contribution in [0.15, 0.2) is 24.3 Å². The maximum absolute atomic E-state index is 11.9. The van der Waals surface area contributed by atoms with Crippen LogP contribution in [0, 0.1) is 11.3 Å². The lowest BCUT2D eigenvalue weighted by molar-refractivity contribution is 0.0938. The molecule has 0 bridgehead atoms. The standard InChI is InChI=1S/C13H15N3O/c1-16-7-6-12(9-16)15-13(17)11-4-2-10(8-14)3-5-11/h2-5,12H,6-7,9H2,1H3,(H,15,17).